The lowest BCUT2D eigenvalue weighted by molar-refractivity contribution is 0.0968. The first-order chi connectivity index (χ1) is 14.2. The summed E-state index contributed by atoms with van der Waals surface area (Å²) in [5, 5.41) is 19.2. The Morgan fingerprint density at radius 3 is 1.13 bits per heavy atom. The Hall–Kier alpha value is -2.62. The standard InChI is InChI=1S/C26H34O4/c1-17-13-21(27)14-18(2)25(17)23(29)11-9-7-5-6-8-10-12-24(30)26-19(3)15-22(28)16-20(26)4/h13-16,27-28H,5-12H2,1-4H3. The summed E-state index contributed by atoms with van der Waals surface area (Å²) in [4.78, 5) is 25.0. The molecule has 30 heavy (non-hydrogen) atoms. The van der Waals surface area contributed by atoms with E-state index in [0.717, 1.165) is 71.9 Å². The normalized spacial score (nSPS) is 10.9. The highest BCUT2D eigenvalue weighted by Gasteiger charge is 2.14. The van der Waals surface area contributed by atoms with Crippen LogP contribution < -0.4 is 0 Å². The molecule has 4 nitrogen and oxygen atoms in total. The number of ketones is 2. The smallest absolute Gasteiger partial charge is 0.163 e. The molecule has 0 radical (unpaired) electrons. The summed E-state index contributed by atoms with van der Waals surface area (Å²) in [5.41, 5.74) is 4.82. The minimum absolute atomic E-state index is 0.148. The SMILES string of the molecule is Cc1cc(O)cc(C)c1C(=O)CCCCCCCCC(=O)c1c(C)cc(O)cc1C. The van der Waals surface area contributed by atoms with Crippen LogP contribution in [-0.4, -0.2) is 21.8 Å². The lowest BCUT2D eigenvalue weighted by atomic mass is 9.94. The second kappa shape index (κ2) is 11.0. The molecule has 2 rings (SSSR count). The molecular weight excluding hydrogens is 376 g/mol. The van der Waals surface area contributed by atoms with Crippen LogP contribution in [0.15, 0.2) is 24.3 Å². The van der Waals surface area contributed by atoms with Crippen molar-refractivity contribution in [3.8, 4) is 11.5 Å². The van der Waals surface area contributed by atoms with Gasteiger partial charge in [-0.2, -0.15) is 0 Å². The number of benzene rings is 2. The number of unbranched alkanes of at least 4 members (excludes halogenated alkanes) is 5. The van der Waals surface area contributed by atoms with Gasteiger partial charge in [-0.25, -0.2) is 0 Å². The highest BCUT2D eigenvalue weighted by atomic mass is 16.3. The molecule has 0 saturated heterocycles. The summed E-state index contributed by atoms with van der Waals surface area (Å²) in [7, 11) is 0. The fourth-order valence-corrected chi connectivity index (χ4v) is 4.29. The lowest BCUT2D eigenvalue weighted by Gasteiger charge is -2.10. The Morgan fingerprint density at radius 1 is 0.567 bits per heavy atom. The summed E-state index contributed by atoms with van der Waals surface area (Å²) < 4.78 is 0. The zero-order chi connectivity index (χ0) is 22.3. The maximum Gasteiger partial charge on any atom is 0.163 e. The average Bonchev–Trinajstić information content (AvgIpc) is 2.62. The second-order valence-corrected chi connectivity index (χ2v) is 8.38. The first-order valence-electron chi connectivity index (χ1n) is 10.9. The number of rotatable bonds is 11. The maximum absolute atomic E-state index is 12.5. The van der Waals surface area contributed by atoms with Gasteiger partial charge in [-0.05, 0) is 87.1 Å². The van der Waals surface area contributed by atoms with Gasteiger partial charge in [0.1, 0.15) is 11.5 Å². The second-order valence-electron chi connectivity index (χ2n) is 8.38. The third kappa shape index (κ3) is 6.45. The molecule has 0 saturated carbocycles. The minimum Gasteiger partial charge on any atom is -0.508 e. The summed E-state index contributed by atoms with van der Waals surface area (Å²) in [6, 6.07) is 6.57. The maximum atomic E-state index is 12.5. The molecule has 2 aromatic rings. The summed E-state index contributed by atoms with van der Waals surface area (Å²) >= 11 is 0. The van der Waals surface area contributed by atoms with E-state index in [4.69, 9.17) is 0 Å². The van der Waals surface area contributed by atoms with Crippen LogP contribution in [0.3, 0.4) is 0 Å². The van der Waals surface area contributed by atoms with Gasteiger partial charge in [0.15, 0.2) is 11.6 Å². The van der Waals surface area contributed by atoms with Crippen molar-refractivity contribution in [2.75, 3.05) is 0 Å². The predicted molar refractivity (Wildman–Crippen MR) is 121 cm³/mol. The third-order valence-corrected chi connectivity index (χ3v) is 5.65. The van der Waals surface area contributed by atoms with Gasteiger partial charge in [-0.1, -0.05) is 25.7 Å². The van der Waals surface area contributed by atoms with Crippen LogP contribution in [-0.2, 0) is 0 Å². The number of phenols is 2. The summed E-state index contributed by atoms with van der Waals surface area (Å²) in [5.74, 6) is 0.706. The van der Waals surface area contributed by atoms with Crippen LogP contribution in [0.4, 0.5) is 0 Å². The monoisotopic (exact) mass is 410 g/mol. The molecule has 0 heterocycles. The Bertz CT molecular complexity index is 790. The molecule has 0 aliphatic heterocycles. The molecule has 0 aliphatic rings. The molecule has 2 N–H and O–H groups in total. The largest absolute Gasteiger partial charge is 0.508 e. The molecule has 2 aromatic carbocycles. The van der Waals surface area contributed by atoms with Gasteiger partial charge in [0, 0.05) is 24.0 Å². The number of phenolic OH excluding ortho intramolecular Hbond substituents is 2. The van der Waals surface area contributed by atoms with Crippen LogP contribution >= 0.6 is 0 Å². The van der Waals surface area contributed by atoms with Gasteiger partial charge in [0.2, 0.25) is 0 Å². The number of aryl methyl sites for hydroxylation is 4. The topological polar surface area (TPSA) is 74.6 Å². The highest BCUT2D eigenvalue weighted by molar-refractivity contribution is 5.99. The molecule has 4 heteroatoms. The molecule has 0 unspecified atom stereocenters. The number of carbonyl (C=O) groups is 2. The number of carbonyl (C=O) groups excluding carboxylic acids is 2. The Kier molecular flexibility index (Phi) is 8.64. The number of hydrogen-bond acceptors (Lipinski definition) is 4. The van der Waals surface area contributed by atoms with Crippen molar-refractivity contribution in [3.63, 3.8) is 0 Å². The van der Waals surface area contributed by atoms with Crippen molar-refractivity contribution in [2.24, 2.45) is 0 Å². The molecular formula is C26H34O4. The fourth-order valence-electron chi connectivity index (χ4n) is 4.29. The number of hydrogen-bond donors (Lipinski definition) is 2. The molecule has 0 atom stereocenters. The van der Waals surface area contributed by atoms with Crippen LogP contribution in [0.5, 0.6) is 11.5 Å². The lowest BCUT2D eigenvalue weighted by Crippen LogP contribution is -2.05. The summed E-state index contributed by atoms with van der Waals surface area (Å²) in [6.45, 7) is 7.45. The Balaban J connectivity index is 1.65. The van der Waals surface area contributed by atoms with E-state index in [-0.39, 0.29) is 23.1 Å². The minimum atomic E-state index is 0.148. The number of aromatic hydroxyl groups is 2. The van der Waals surface area contributed by atoms with Crippen molar-refractivity contribution in [3.05, 3.63) is 57.6 Å². The van der Waals surface area contributed by atoms with Gasteiger partial charge < -0.3 is 10.2 Å². The fraction of sp³-hybridized carbons (Fsp3) is 0.462. The molecule has 0 amide bonds. The van der Waals surface area contributed by atoms with Gasteiger partial charge >= 0.3 is 0 Å². The first-order valence-corrected chi connectivity index (χ1v) is 10.9. The van der Waals surface area contributed by atoms with E-state index in [1.807, 2.05) is 27.7 Å². The zero-order valence-electron chi connectivity index (χ0n) is 18.7. The van der Waals surface area contributed by atoms with E-state index in [1.54, 1.807) is 24.3 Å². The molecule has 0 fully saturated rings. The number of Topliss-reactive ketones (excluding diaryl/α,β-unsaturated/α-hetero) is 2. The van der Waals surface area contributed by atoms with E-state index in [0.29, 0.717) is 12.8 Å². The van der Waals surface area contributed by atoms with Gasteiger partial charge in [-0.3, -0.25) is 9.59 Å². The molecule has 0 aliphatic carbocycles. The van der Waals surface area contributed by atoms with Crippen molar-refractivity contribution < 1.29 is 19.8 Å². The van der Waals surface area contributed by atoms with E-state index in [9.17, 15) is 19.8 Å². The van der Waals surface area contributed by atoms with Gasteiger partial charge in [0.25, 0.3) is 0 Å². The Morgan fingerprint density at radius 2 is 0.833 bits per heavy atom. The van der Waals surface area contributed by atoms with E-state index < -0.39 is 0 Å². The van der Waals surface area contributed by atoms with Gasteiger partial charge in [0.05, 0.1) is 0 Å². The zero-order valence-corrected chi connectivity index (χ0v) is 18.7. The molecule has 0 bridgehead atoms. The predicted octanol–water partition coefficient (Wildman–Crippen LogP) is 6.52. The quantitative estimate of drug-likeness (QED) is 0.327. The van der Waals surface area contributed by atoms with Crippen molar-refractivity contribution in [2.45, 2.75) is 79.1 Å². The molecule has 0 aromatic heterocycles. The van der Waals surface area contributed by atoms with Crippen molar-refractivity contribution in [1.82, 2.24) is 0 Å². The third-order valence-electron chi connectivity index (χ3n) is 5.65. The van der Waals surface area contributed by atoms with Crippen LogP contribution in [0.1, 0.15) is 94.3 Å². The highest BCUT2D eigenvalue weighted by Crippen LogP contribution is 2.24. The van der Waals surface area contributed by atoms with E-state index in [2.05, 4.69) is 0 Å². The summed E-state index contributed by atoms with van der Waals surface area (Å²) in [6.07, 6.45) is 6.93. The van der Waals surface area contributed by atoms with E-state index >= 15 is 0 Å². The van der Waals surface area contributed by atoms with Crippen LogP contribution in [0.25, 0.3) is 0 Å². The van der Waals surface area contributed by atoms with E-state index in [1.165, 1.54) is 0 Å². The average molecular weight is 411 g/mol. The molecule has 0 spiro atoms. The van der Waals surface area contributed by atoms with Crippen molar-refractivity contribution in [1.29, 1.82) is 0 Å². The van der Waals surface area contributed by atoms with Crippen LogP contribution in [0, 0.1) is 27.7 Å². The molecule has 162 valence electrons. The Labute approximate surface area is 180 Å². The van der Waals surface area contributed by atoms with Crippen LogP contribution in [0.2, 0.25) is 0 Å². The van der Waals surface area contributed by atoms with Gasteiger partial charge in [-0.15, -0.1) is 0 Å². The first kappa shape index (κ1) is 23.7. The van der Waals surface area contributed by atoms with Crippen molar-refractivity contribution >= 4 is 11.6 Å².